The summed E-state index contributed by atoms with van der Waals surface area (Å²) in [5.41, 5.74) is 4.56. The van der Waals surface area contributed by atoms with E-state index in [9.17, 15) is 23.2 Å². The van der Waals surface area contributed by atoms with E-state index < -0.39 is 11.7 Å². The predicted molar refractivity (Wildman–Crippen MR) is 148 cm³/mol. The Kier molecular flexibility index (Phi) is 6.66. The largest absolute Gasteiger partial charge is 0.428 e. The molecule has 3 aromatic carbocycles. The Hall–Kier alpha value is -4.77. The van der Waals surface area contributed by atoms with Crippen LogP contribution in [0.25, 0.3) is 22.2 Å². The number of hydrogen-bond donors (Lipinski definition) is 2. The number of halogens is 4. The lowest BCUT2D eigenvalue weighted by Gasteiger charge is -2.28. The van der Waals surface area contributed by atoms with Crippen LogP contribution in [-0.4, -0.2) is 30.8 Å². The highest BCUT2D eigenvalue weighted by Gasteiger charge is 2.33. The lowest BCUT2D eigenvalue weighted by molar-refractivity contribution is -0.137. The van der Waals surface area contributed by atoms with E-state index in [0.717, 1.165) is 22.4 Å². The van der Waals surface area contributed by atoms with Crippen LogP contribution in [0.3, 0.4) is 0 Å². The summed E-state index contributed by atoms with van der Waals surface area (Å²) in [6, 6.07) is 18.7. The van der Waals surface area contributed by atoms with Gasteiger partial charge < -0.3 is 5.21 Å². The molecular formula is C29H20ClF3N6O2. The van der Waals surface area contributed by atoms with E-state index in [1.807, 2.05) is 30.3 Å². The average molecular weight is 577 g/mol. The number of aromatic nitrogens is 4. The van der Waals surface area contributed by atoms with Crippen molar-refractivity contribution in [3.05, 3.63) is 117 Å². The minimum atomic E-state index is -4.47. The lowest BCUT2D eigenvalue weighted by atomic mass is 9.80. The fraction of sp³-hybridized carbons (Fsp3) is 0.138. The zero-order chi connectivity index (χ0) is 28.7. The number of benzene rings is 3. The van der Waals surface area contributed by atoms with Gasteiger partial charge in [-0.25, -0.2) is 10.4 Å². The molecule has 0 aliphatic heterocycles. The third kappa shape index (κ3) is 5.11. The van der Waals surface area contributed by atoms with Gasteiger partial charge in [0.1, 0.15) is 0 Å². The van der Waals surface area contributed by atoms with Crippen molar-refractivity contribution in [3.8, 4) is 11.3 Å². The molecule has 1 aliphatic carbocycles. The minimum absolute atomic E-state index is 0.0743. The van der Waals surface area contributed by atoms with Gasteiger partial charge in [-0.05, 0) is 54.7 Å². The SMILES string of the molecule is O=c1c2c(n(O)c3ccc(Cl)cc13)CC(c1ccc(C(F)(F)F)cc1)C/C2=N/Nc1nncc(-c2ccccc2)n1. The number of alkyl halides is 3. The summed E-state index contributed by atoms with van der Waals surface area (Å²) in [5, 5.41) is 24.1. The Morgan fingerprint density at radius 3 is 2.51 bits per heavy atom. The fourth-order valence-electron chi connectivity index (χ4n) is 5.02. The van der Waals surface area contributed by atoms with Crippen molar-refractivity contribution in [2.75, 3.05) is 5.43 Å². The van der Waals surface area contributed by atoms with Crippen molar-refractivity contribution in [2.24, 2.45) is 5.10 Å². The molecule has 1 unspecified atom stereocenters. The van der Waals surface area contributed by atoms with Crippen LogP contribution >= 0.6 is 11.6 Å². The Morgan fingerprint density at radius 1 is 1.02 bits per heavy atom. The fourth-order valence-corrected chi connectivity index (χ4v) is 5.19. The molecule has 0 spiro atoms. The molecule has 1 aliphatic rings. The number of fused-ring (bicyclic) bond motifs is 2. The van der Waals surface area contributed by atoms with Crippen LogP contribution in [0.5, 0.6) is 0 Å². The number of nitrogens with one attached hydrogen (secondary N) is 1. The van der Waals surface area contributed by atoms with Gasteiger partial charge in [-0.3, -0.25) is 4.79 Å². The monoisotopic (exact) mass is 576 g/mol. The second-order valence-electron chi connectivity index (χ2n) is 9.55. The Morgan fingerprint density at radius 2 is 1.78 bits per heavy atom. The number of anilines is 1. The van der Waals surface area contributed by atoms with Crippen LogP contribution in [0.1, 0.15) is 34.7 Å². The molecule has 41 heavy (non-hydrogen) atoms. The Labute approximate surface area is 235 Å². The van der Waals surface area contributed by atoms with E-state index in [1.54, 1.807) is 6.07 Å². The maximum absolute atomic E-state index is 13.7. The van der Waals surface area contributed by atoms with E-state index in [1.165, 1.54) is 30.5 Å². The van der Waals surface area contributed by atoms with Gasteiger partial charge in [-0.15, -0.1) is 5.10 Å². The van der Waals surface area contributed by atoms with Crippen molar-refractivity contribution in [2.45, 2.75) is 24.9 Å². The van der Waals surface area contributed by atoms with Crippen LogP contribution in [0.15, 0.2) is 88.9 Å². The molecule has 5 aromatic rings. The van der Waals surface area contributed by atoms with Crippen molar-refractivity contribution < 1.29 is 18.4 Å². The number of hydrogen-bond acceptors (Lipinski definition) is 7. The first-order chi connectivity index (χ1) is 19.7. The molecule has 8 nitrogen and oxygen atoms in total. The molecule has 0 amide bonds. The number of pyridine rings is 1. The third-order valence-corrected chi connectivity index (χ3v) is 7.23. The molecule has 1 atom stereocenters. The maximum atomic E-state index is 13.7. The molecule has 0 fully saturated rings. The highest BCUT2D eigenvalue weighted by atomic mass is 35.5. The molecule has 0 bridgehead atoms. The molecule has 0 radical (unpaired) electrons. The molecule has 206 valence electrons. The van der Waals surface area contributed by atoms with E-state index in [-0.39, 0.29) is 58.0 Å². The van der Waals surface area contributed by atoms with Crippen molar-refractivity contribution in [1.29, 1.82) is 0 Å². The lowest BCUT2D eigenvalue weighted by Crippen LogP contribution is -2.31. The third-order valence-electron chi connectivity index (χ3n) is 7.00. The highest BCUT2D eigenvalue weighted by Crippen LogP contribution is 2.36. The van der Waals surface area contributed by atoms with Crippen LogP contribution in [-0.2, 0) is 12.6 Å². The first kappa shape index (κ1) is 26.5. The number of rotatable bonds is 4. The van der Waals surface area contributed by atoms with Gasteiger partial charge >= 0.3 is 6.18 Å². The van der Waals surface area contributed by atoms with Crippen LogP contribution < -0.4 is 10.9 Å². The molecule has 0 saturated carbocycles. The van der Waals surface area contributed by atoms with Crippen LogP contribution in [0.2, 0.25) is 5.02 Å². The van der Waals surface area contributed by atoms with E-state index in [0.29, 0.717) is 16.3 Å². The second-order valence-corrected chi connectivity index (χ2v) is 9.99. The summed E-state index contributed by atoms with van der Waals surface area (Å²) in [6.45, 7) is 0. The Balaban J connectivity index is 1.44. The average Bonchev–Trinajstić information content (AvgIpc) is 2.98. The van der Waals surface area contributed by atoms with Gasteiger partial charge in [-0.2, -0.15) is 28.1 Å². The summed E-state index contributed by atoms with van der Waals surface area (Å²) in [7, 11) is 0. The van der Waals surface area contributed by atoms with Crippen molar-refractivity contribution >= 4 is 34.2 Å². The molecule has 2 aromatic heterocycles. The first-order valence-corrected chi connectivity index (χ1v) is 12.9. The van der Waals surface area contributed by atoms with Crippen LogP contribution in [0.4, 0.5) is 19.1 Å². The van der Waals surface area contributed by atoms with Gasteiger partial charge in [0.05, 0.1) is 45.3 Å². The highest BCUT2D eigenvalue weighted by molar-refractivity contribution is 6.31. The first-order valence-electron chi connectivity index (χ1n) is 12.5. The smallest absolute Gasteiger partial charge is 0.416 e. The van der Waals surface area contributed by atoms with Gasteiger partial charge in [0.25, 0.3) is 5.95 Å². The van der Waals surface area contributed by atoms with Gasteiger partial charge in [0.2, 0.25) is 0 Å². The standard InChI is InChI=1S/C29H20ClF3N6O2/c30-20-10-11-24-21(14-20)27(40)26-22(36-38-28-35-23(15-34-37-28)17-4-2-1-3-5-17)12-18(13-25(26)39(24)41)16-6-8-19(9-7-16)29(31,32)33/h1-11,14-15,18,41H,12-13H2,(H,35,37,38)/b36-22-. The molecular weight excluding hydrogens is 557 g/mol. The summed E-state index contributed by atoms with van der Waals surface area (Å²) < 4.78 is 40.4. The molecule has 6 rings (SSSR count). The minimum Gasteiger partial charge on any atom is -0.428 e. The van der Waals surface area contributed by atoms with E-state index in [2.05, 4.69) is 25.7 Å². The summed E-state index contributed by atoms with van der Waals surface area (Å²) >= 11 is 6.14. The van der Waals surface area contributed by atoms with E-state index in [4.69, 9.17) is 11.6 Å². The number of nitrogens with zero attached hydrogens (tertiary/aromatic N) is 5. The van der Waals surface area contributed by atoms with Gasteiger partial charge in [0.15, 0.2) is 5.43 Å². The zero-order valence-electron chi connectivity index (χ0n) is 21.1. The zero-order valence-corrected chi connectivity index (χ0v) is 21.9. The molecule has 2 heterocycles. The normalized spacial score (nSPS) is 16.1. The summed E-state index contributed by atoms with van der Waals surface area (Å²) in [5.74, 6) is -0.312. The maximum Gasteiger partial charge on any atom is 0.416 e. The molecule has 12 heteroatoms. The van der Waals surface area contributed by atoms with Gasteiger partial charge in [0, 0.05) is 10.6 Å². The Bertz CT molecular complexity index is 1860. The van der Waals surface area contributed by atoms with Crippen molar-refractivity contribution in [3.63, 3.8) is 0 Å². The van der Waals surface area contributed by atoms with Crippen molar-refractivity contribution in [1.82, 2.24) is 19.9 Å². The summed E-state index contributed by atoms with van der Waals surface area (Å²) in [6.07, 6.45) is -2.59. The molecule has 2 N–H and O–H groups in total. The van der Waals surface area contributed by atoms with E-state index >= 15 is 0 Å². The quantitative estimate of drug-likeness (QED) is 0.192. The van der Waals surface area contributed by atoms with Crippen LogP contribution in [0, 0.1) is 0 Å². The second kappa shape index (κ2) is 10.3. The summed E-state index contributed by atoms with van der Waals surface area (Å²) in [4.78, 5) is 18.1. The number of hydrazone groups is 1. The predicted octanol–water partition coefficient (Wildman–Crippen LogP) is 6.31. The molecule has 0 saturated heterocycles. The topological polar surface area (TPSA) is 105 Å². The van der Waals surface area contributed by atoms with Gasteiger partial charge in [-0.1, -0.05) is 54.1 Å².